The minimum atomic E-state index is -3.99. The van der Waals surface area contributed by atoms with Gasteiger partial charge in [0.2, 0.25) is 10.0 Å². The first-order chi connectivity index (χ1) is 10.2. The Morgan fingerprint density at radius 1 is 1.14 bits per heavy atom. The summed E-state index contributed by atoms with van der Waals surface area (Å²) in [4.78, 5) is 12.0. The topological polar surface area (TPSA) is 89.3 Å². The quantitative estimate of drug-likeness (QED) is 0.901. The highest BCUT2D eigenvalue weighted by atomic mass is 35.5. The molecule has 0 aliphatic rings. The molecule has 0 aromatic heterocycles. The standard InChI is InChI=1S/C15H15ClN2O3S/c1-9-3-4-10(2)13(7-9)18-15(19)11-5-6-12(16)14(8-11)22(17,20)21/h3-8H,1-2H3,(H,18,19)(H2,17,20,21). The van der Waals surface area contributed by atoms with Crippen LogP contribution in [0.5, 0.6) is 0 Å². The zero-order chi connectivity index (χ0) is 16.5. The van der Waals surface area contributed by atoms with Crippen LogP contribution >= 0.6 is 11.6 Å². The highest BCUT2D eigenvalue weighted by Gasteiger charge is 2.16. The average Bonchev–Trinajstić information content (AvgIpc) is 2.42. The van der Waals surface area contributed by atoms with Gasteiger partial charge in [0.05, 0.1) is 5.02 Å². The number of carbonyl (C=O) groups is 1. The van der Waals surface area contributed by atoms with Gasteiger partial charge in [-0.15, -0.1) is 0 Å². The van der Waals surface area contributed by atoms with Crippen molar-refractivity contribution in [2.24, 2.45) is 5.14 Å². The summed E-state index contributed by atoms with van der Waals surface area (Å²) in [5.74, 6) is -0.435. The largest absolute Gasteiger partial charge is 0.322 e. The van der Waals surface area contributed by atoms with Gasteiger partial charge in [-0.3, -0.25) is 4.79 Å². The third-order valence-corrected chi connectivity index (χ3v) is 4.53. The lowest BCUT2D eigenvalue weighted by molar-refractivity contribution is 0.102. The predicted molar refractivity (Wildman–Crippen MR) is 86.7 cm³/mol. The molecule has 0 heterocycles. The lowest BCUT2D eigenvalue weighted by atomic mass is 10.1. The second kappa shape index (κ2) is 6.08. The summed E-state index contributed by atoms with van der Waals surface area (Å²) in [5.41, 5.74) is 2.73. The van der Waals surface area contributed by atoms with Crippen molar-refractivity contribution < 1.29 is 13.2 Å². The molecular formula is C15H15ClN2O3S. The van der Waals surface area contributed by atoms with Crippen LogP contribution in [0.25, 0.3) is 0 Å². The van der Waals surface area contributed by atoms with Gasteiger partial charge in [0, 0.05) is 11.3 Å². The second-order valence-corrected chi connectivity index (χ2v) is 6.90. The van der Waals surface area contributed by atoms with Crippen LogP contribution in [-0.4, -0.2) is 14.3 Å². The van der Waals surface area contributed by atoms with Crippen LogP contribution in [0, 0.1) is 13.8 Å². The number of nitrogens with two attached hydrogens (primary N) is 1. The van der Waals surface area contributed by atoms with Gasteiger partial charge in [-0.2, -0.15) is 0 Å². The maximum atomic E-state index is 12.3. The fourth-order valence-electron chi connectivity index (χ4n) is 1.93. The van der Waals surface area contributed by atoms with Crippen molar-refractivity contribution in [2.75, 3.05) is 5.32 Å². The predicted octanol–water partition coefficient (Wildman–Crippen LogP) is 2.86. The van der Waals surface area contributed by atoms with Crippen molar-refractivity contribution in [1.29, 1.82) is 0 Å². The van der Waals surface area contributed by atoms with Crippen molar-refractivity contribution in [3.8, 4) is 0 Å². The Bertz CT molecular complexity index is 848. The number of carbonyl (C=O) groups excluding carboxylic acids is 1. The Kier molecular flexibility index (Phi) is 4.55. The molecule has 2 aromatic rings. The maximum Gasteiger partial charge on any atom is 0.255 e. The van der Waals surface area contributed by atoms with E-state index in [0.29, 0.717) is 5.69 Å². The van der Waals surface area contributed by atoms with Gasteiger partial charge in [-0.05, 0) is 49.2 Å². The number of hydrogen-bond donors (Lipinski definition) is 2. The van der Waals surface area contributed by atoms with Crippen LogP contribution in [0.3, 0.4) is 0 Å². The summed E-state index contributed by atoms with van der Waals surface area (Å²) >= 11 is 5.80. The molecule has 22 heavy (non-hydrogen) atoms. The highest BCUT2D eigenvalue weighted by molar-refractivity contribution is 7.89. The van der Waals surface area contributed by atoms with Crippen LogP contribution < -0.4 is 10.5 Å². The van der Waals surface area contributed by atoms with Gasteiger partial charge in [-0.1, -0.05) is 23.7 Å². The van der Waals surface area contributed by atoms with E-state index in [9.17, 15) is 13.2 Å². The molecule has 2 aromatic carbocycles. The number of halogens is 1. The molecule has 0 radical (unpaired) electrons. The molecule has 0 fully saturated rings. The molecule has 0 spiro atoms. The van der Waals surface area contributed by atoms with E-state index in [0.717, 1.165) is 17.2 Å². The Hall–Kier alpha value is -1.89. The molecule has 7 heteroatoms. The summed E-state index contributed by atoms with van der Waals surface area (Å²) < 4.78 is 22.9. The molecule has 0 aliphatic carbocycles. The lowest BCUT2D eigenvalue weighted by Gasteiger charge is -2.10. The zero-order valence-corrected chi connectivity index (χ0v) is 13.6. The smallest absolute Gasteiger partial charge is 0.255 e. The van der Waals surface area contributed by atoms with Gasteiger partial charge in [0.25, 0.3) is 5.91 Å². The van der Waals surface area contributed by atoms with Crippen molar-refractivity contribution >= 4 is 33.2 Å². The van der Waals surface area contributed by atoms with E-state index in [1.165, 1.54) is 12.1 Å². The Morgan fingerprint density at radius 3 is 2.45 bits per heavy atom. The van der Waals surface area contributed by atoms with Gasteiger partial charge in [0.1, 0.15) is 4.90 Å². The number of hydrogen-bond acceptors (Lipinski definition) is 3. The normalized spacial score (nSPS) is 11.3. The molecule has 0 unspecified atom stereocenters. The van der Waals surface area contributed by atoms with Crippen LogP contribution in [0.1, 0.15) is 21.5 Å². The monoisotopic (exact) mass is 338 g/mol. The number of aryl methyl sites for hydroxylation is 2. The molecule has 5 nitrogen and oxygen atoms in total. The van der Waals surface area contributed by atoms with E-state index in [1.54, 1.807) is 0 Å². The molecule has 2 rings (SSSR count). The Labute approximate surface area is 134 Å². The van der Waals surface area contributed by atoms with Crippen LogP contribution in [0.15, 0.2) is 41.3 Å². The number of benzene rings is 2. The lowest BCUT2D eigenvalue weighted by Crippen LogP contribution is -2.16. The number of amides is 1. The third kappa shape index (κ3) is 3.65. The number of anilines is 1. The molecule has 0 saturated carbocycles. The minimum Gasteiger partial charge on any atom is -0.322 e. The summed E-state index contributed by atoms with van der Waals surface area (Å²) in [6, 6.07) is 9.60. The molecule has 116 valence electrons. The Morgan fingerprint density at radius 2 is 1.82 bits per heavy atom. The fourth-order valence-corrected chi connectivity index (χ4v) is 3.00. The SMILES string of the molecule is Cc1ccc(C)c(NC(=O)c2ccc(Cl)c(S(N)(=O)=O)c2)c1. The van der Waals surface area contributed by atoms with Crippen LogP contribution in [-0.2, 0) is 10.0 Å². The average molecular weight is 339 g/mol. The number of sulfonamides is 1. The van der Waals surface area contributed by atoms with Gasteiger partial charge >= 0.3 is 0 Å². The molecule has 0 atom stereocenters. The molecule has 3 N–H and O–H groups in total. The fraction of sp³-hybridized carbons (Fsp3) is 0.133. The summed E-state index contributed by atoms with van der Waals surface area (Å²) in [7, 11) is -3.99. The van der Waals surface area contributed by atoms with Crippen molar-refractivity contribution in [3.63, 3.8) is 0 Å². The van der Waals surface area contributed by atoms with Gasteiger partial charge in [0.15, 0.2) is 0 Å². The Balaban J connectivity index is 2.36. The summed E-state index contributed by atoms with van der Waals surface area (Å²) in [6.45, 7) is 3.78. The summed E-state index contributed by atoms with van der Waals surface area (Å²) in [6.07, 6.45) is 0. The van der Waals surface area contributed by atoms with E-state index in [4.69, 9.17) is 16.7 Å². The molecule has 0 aliphatic heterocycles. The van der Waals surface area contributed by atoms with Crippen molar-refractivity contribution in [1.82, 2.24) is 0 Å². The minimum absolute atomic E-state index is 0.0224. The second-order valence-electron chi connectivity index (χ2n) is 4.96. The number of nitrogens with one attached hydrogen (secondary N) is 1. The van der Waals surface area contributed by atoms with Gasteiger partial charge < -0.3 is 5.32 Å². The maximum absolute atomic E-state index is 12.3. The number of primary sulfonamides is 1. The first-order valence-corrected chi connectivity index (χ1v) is 8.32. The molecular weight excluding hydrogens is 324 g/mol. The molecule has 0 bridgehead atoms. The van der Waals surface area contributed by atoms with Crippen LogP contribution in [0.2, 0.25) is 5.02 Å². The van der Waals surface area contributed by atoms with Crippen molar-refractivity contribution in [3.05, 3.63) is 58.1 Å². The van der Waals surface area contributed by atoms with E-state index in [-0.39, 0.29) is 15.5 Å². The first-order valence-electron chi connectivity index (χ1n) is 6.39. The zero-order valence-electron chi connectivity index (χ0n) is 12.1. The molecule has 1 amide bonds. The van der Waals surface area contributed by atoms with Crippen LogP contribution in [0.4, 0.5) is 5.69 Å². The van der Waals surface area contributed by atoms with Crippen molar-refractivity contribution in [2.45, 2.75) is 18.7 Å². The van der Waals surface area contributed by atoms with E-state index < -0.39 is 15.9 Å². The molecule has 0 saturated heterocycles. The first kappa shape index (κ1) is 16.5. The number of rotatable bonds is 3. The van der Waals surface area contributed by atoms with E-state index in [2.05, 4.69) is 5.32 Å². The summed E-state index contributed by atoms with van der Waals surface area (Å²) in [5, 5.41) is 7.80. The highest BCUT2D eigenvalue weighted by Crippen LogP contribution is 2.23. The van der Waals surface area contributed by atoms with E-state index in [1.807, 2.05) is 32.0 Å². The van der Waals surface area contributed by atoms with Gasteiger partial charge in [-0.25, -0.2) is 13.6 Å². The third-order valence-electron chi connectivity index (χ3n) is 3.14. The van der Waals surface area contributed by atoms with E-state index >= 15 is 0 Å².